The lowest BCUT2D eigenvalue weighted by Crippen LogP contribution is -2.46. The smallest absolute Gasteiger partial charge is 0.277 e. The van der Waals surface area contributed by atoms with Crippen molar-refractivity contribution in [2.24, 2.45) is 11.1 Å². The summed E-state index contributed by atoms with van der Waals surface area (Å²) in [6.07, 6.45) is 4.35. The second-order valence-corrected chi connectivity index (χ2v) is 4.58. The standard InChI is InChI=1S/C11H20F2N2O/c1-2-10(5-3-4-6-10)9(16)15-8-11(12,13)7-14/h2-8,14H2,1H3,(H,15,16). The summed E-state index contributed by atoms with van der Waals surface area (Å²) >= 11 is 0. The molecule has 0 bridgehead atoms. The number of carbonyl (C=O) groups excluding carboxylic acids is 1. The summed E-state index contributed by atoms with van der Waals surface area (Å²) in [5.74, 6) is -3.23. The maximum Gasteiger partial charge on any atom is 0.277 e. The van der Waals surface area contributed by atoms with Gasteiger partial charge in [-0.1, -0.05) is 19.8 Å². The molecule has 1 aliphatic rings. The van der Waals surface area contributed by atoms with E-state index in [0.29, 0.717) is 6.42 Å². The average molecular weight is 234 g/mol. The van der Waals surface area contributed by atoms with Gasteiger partial charge in [0.25, 0.3) is 5.92 Å². The van der Waals surface area contributed by atoms with Crippen molar-refractivity contribution < 1.29 is 13.6 Å². The fraction of sp³-hybridized carbons (Fsp3) is 0.909. The first kappa shape index (κ1) is 13.4. The molecule has 0 spiro atoms. The molecule has 0 heterocycles. The molecule has 0 radical (unpaired) electrons. The predicted molar refractivity (Wildman–Crippen MR) is 58.2 cm³/mol. The van der Waals surface area contributed by atoms with E-state index in [0.717, 1.165) is 25.7 Å². The van der Waals surface area contributed by atoms with E-state index in [1.54, 1.807) is 0 Å². The van der Waals surface area contributed by atoms with Crippen LogP contribution in [0.2, 0.25) is 0 Å². The molecule has 0 aliphatic heterocycles. The van der Waals surface area contributed by atoms with Crippen molar-refractivity contribution in [2.75, 3.05) is 13.1 Å². The molecule has 5 heteroatoms. The van der Waals surface area contributed by atoms with Gasteiger partial charge in [-0.2, -0.15) is 0 Å². The number of hydrogen-bond donors (Lipinski definition) is 2. The zero-order chi connectivity index (χ0) is 12.2. The number of nitrogens with two attached hydrogens (primary N) is 1. The van der Waals surface area contributed by atoms with Crippen molar-refractivity contribution >= 4 is 5.91 Å². The molecular formula is C11H20F2N2O. The maximum absolute atomic E-state index is 12.9. The van der Waals surface area contributed by atoms with Crippen LogP contribution in [-0.2, 0) is 4.79 Å². The molecular weight excluding hydrogens is 214 g/mol. The molecule has 16 heavy (non-hydrogen) atoms. The van der Waals surface area contributed by atoms with Gasteiger partial charge in [-0.25, -0.2) is 8.78 Å². The van der Waals surface area contributed by atoms with Crippen LogP contribution in [0, 0.1) is 5.41 Å². The predicted octanol–water partition coefficient (Wildman–Crippen LogP) is 1.67. The maximum atomic E-state index is 12.9. The van der Waals surface area contributed by atoms with Crippen LogP contribution < -0.4 is 11.1 Å². The van der Waals surface area contributed by atoms with Gasteiger partial charge >= 0.3 is 0 Å². The lowest BCUT2D eigenvalue weighted by atomic mass is 9.82. The zero-order valence-corrected chi connectivity index (χ0v) is 9.69. The first-order valence-electron chi connectivity index (χ1n) is 5.82. The lowest BCUT2D eigenvalue weighted by Gasteiger charge is -2.27. The van der Waals surface area contributed by atoms with Crippen molar-refractivity contribution in [1.29, 1.82) is 0 Å². The van der Waals surface area contributed by atoms with Gasteiger partial charge in [0.15, 0.2) is 0 Å². The second-order valence-electron chi connectivity index (χ2n) is 4.58. The van der Waals surface area contributed by atoms with Gasteiger partial charge in [-0.05, 0) is 19.3 Å². The number of carbonyl (C=O) groups is 1. The second kappa shape index (κ2) is 5.08. The molecule has 1 rings (SSSR count). The Morgan fingerprint density at radius 2 is 2.00 bits per heavy atom. The highest BCUT2D eigenvalue weighted by Crippen LogP contribution is 2.41. The zero-order valence-electron chi connectivity index (χ0n) is 9.69. The Morgan fingerprint density at radius 3 is 2.44 bits per heavy atom. The van der Waals surface area contributed by atoms with Crippen LogP contribution in [0.4, 0.5) is 8.78 Å². The van der Waals surface area contributed by atoms with E-state index in [4.69, 9.17) is 5.73 Å². The summed E-state index contributed by atoms with van der Waals surface area (Å²) in [5.41, 5.74) is 4.50. The lowest BCUT2D eigenvalue weighted by molar-refractivity contribution is -0.132. The number of amides is 1. The van der Waals surface area contributed by atoms with Crippen molar-refractivity contribution in [3.8, 4) is 0 Å². The summed E-state index contributed by atoms with van der Waals surface area (Å²) < 4.78 is 25.8. The third-order valence-corrected chi connectivity index (χ3v) is 3.53. The Morgan fingerprint density at radius 1 is 1.44 bits per heavy atom. The summed E-state index contributed by atoms with van der Waals surface area (Å²) in [4.78, 5) is 11.9. The number of rotatable bonds is 5. The van der Waals surface area contributed by atoms with Gasteiger partial charge in [0.05, 0.1) is 13.1 Å². The van der Waals surface area contributed by atoms with Crippen LogP contribution in [0.25, 0.3) is 0 Å². The van der Waals surface area contributed by atoms with Gasteiger partial charge in [0.1, 0.15) is 0 Å². The third-order valence-electron chi connectivity index (χ3n) is 3.53. The summed E-state index contributed by atoms with van der Waals surface area (Å²) in [6.45, 7) is 0.558. The Balaban J connectivity index is 2.51. The largest absolute Gasteiger partial charge is 0.350 e. The average Bonchev–Trinajstić information content (AvgIpc) is 2.76. The summed E-state index contributed by atoms with van der Waals surface area (Å²) in [6, 6.07) is 0. The highest BCUT2D eigenvalue weighted by molar-refractivity contribution is 5.82. The van der Waals surface area contributed by atoms with Crippen molar-refractivity contribution in [3.05, 3.63) is 0 Å². The van der Waals surface area contributed by atoms with Gasteiger partial charge in [-0.3, -0.25) is 4.79 Å². The molecule has 1 fully saturated rings. The Kier molecular flexibility index (Phi) is 4.24. The molecule has 3 N–H and O–H groups in total. The van der Waals surface area contributed by atoms with Gasteiger partial charge < -0.3 is 11.1 Å². The first-order valence-corrected chi connectivity index (χ1v) is 5.82. The molecule has 0 unspecified atom stereocenters. The summed E-state index contributed by atoms with van der Waals surface area (Å²) in [5, 5.41) is 2.34. The number of halogens is 2. The minimum atomic E-state index is -3.00. The fourth-order valence-corrected chi connectivity index (χ4v) is 2.26. The van der Waals surface area contributed by atoms with Crippen LogP contribution in [-0.4, -0.2) is 24.9 Å². The van der Waals surface area contributed by atoms with E-state index in [1.165, 1.54) is 0 Å². The van der Waals surface area contributed by atoms with Crippen LogP contribution in [0.5, 0.6) is 0 Å². The molecule has 3 nitrogen and oxygen atoms in total. The number of hydrogen-bond acceptors (Lipinski definition) is 2. The van der Waals surface area contributed by atoms with E-state index in [9.17, 15) is 13.6 Å². The van der Waals surface area contributed by atoms with Crippen molar-refractivity contribution in [1.82, 2.24) is 5.32 Å². The highest BCUT2D eigenvalue weighted by Gasteiger charge is 2.40. The monoisotopic (exact) mass is 234 g/mol. The van der Waals surface area contributed by atoms with Crippen LogP contribution >= 0.6 is 0 Å². The number of alkyl halides is 2. The molecule has 1 saturated carbocycles. The van der Waals surface area contributed by atoms with E-state index in [2.05, 4.69) is 5.32 Å². The van der Waals surface area contributed by atoms with E-state index in [1.807, 2.05) is 6.92 Å². The van der Waals surface area contributed by atoms with Gasteiger partial charge in [0, 0.05) is 5.41 Å². The minimum absolute atomic E-state index is 0.236. The Bertz CT molecular complexity index is 250. The van der Waals surface area contributed by atoms with Crippen LogP contribution in [0.15, 0.2) is 0 Å². The molecule has 0 aromatic rings. The van der Waals surface area contributed by atoms with Crippen molar-refractivity contribution in [3.63, 3.8) is 0 Å². The molecule has 94 valence electrons. The molecule has 1 amide bonds. The SMILES string of the molecule is CCC1(C(=O)NCC(F)(F)CN)CCCC1. The van der Waals surface area contributed by atoms with E-state index >= 15 is 0 Å². The quantitative estimate of drug-likeness (QED) is 0.760. The number of nitrogens with one attached hydrogen (secondary N) is 1. The van der Waals surface area contributed by atoms with E-state index in [-0.39, 0.29) is 5.91 Å². The van der Waals surface area contributed by atoms with Gasteiger partial charge in [-0.15, -0.1) is 0 Å². The first-order chi connectivity index (χ1) is 7.46. The highest BCUT2D eigenvalue weighted by atomic mass is 19.3. The summed E-state index contributed by atoms with van der Waals surface area (Å²) in [7, 11) is 0. The minimum Gasteiger partial charge on any atom is -0.350 e. The normalized spacial score (nSPS) is 19.8. The molecule has 1 aliphatic carbocycles. The Labute approximate surface area is 94.8 Å². The fourth-order valence-electron chi connectivity index (χ4n) is 2.26. The third kappa shape index (κ3) is 2.90. The molecule has 0 aromatic heterocycles. The van der Waals surface area contributed by atoms with Crippen LogP contribution in [0.1, 0.15) is 39.0 Å². The Hall–Kier alpha value is -0.710. The molecule has 0 aromatic carbocycles. The molecule has 0 atom stereocenters. The topological polar surface area (TPSA) is 55.1 Å². The van der Waals surface area contributed by atoms with Crippen LogP contribution in [0.3, 0.4) is 0 Å². The molecule has 0 saturated heterocycles. The van der Waals surface area contributed by atoms with E-state index < -0.39 is 24.4 Å². The van der Waals surface area contributed by atoms with Gasteiger partial charge in [0.2, 0.25) is 5.91 Å². The van der Waals surface area contributed by atoms with Crippen molar-refractivity contribution in [2.45, 2.75) is 45.0 Å².